The second-order valence-corrected chi connectivity index (χ2v) is 5.78. The van der Waals surface area contributed by atoms with E-state index >= 15 is 0 Å². The molecule has 0 saturated carbocycles. The van der Waals surface area contributed by atoms with Crippen molar-refractivity contribution in [3.63, 3.8) is 0 Å². The Morgan fingerprint density at radius 2 is 2.04 bits per heavy atom. The lowest BCUT2D eigenvalue weighted by Crippen LogP contribution is -2.21. The van der Waals surface area contributed by atoms with Gasteiger partial charge >= 0.3 is 0 Å². The van der Waals surface area contributed by atoms with Gasteiger partial charge in [-0.3, -0.25) is 14.2 Å². The van der Waals surface area contributed by atoms with Crippen molar-refractivity contribution in [1.29, 1.82) is 0 Å². The number of carbonyl (C=O) groups is 1. The molecule has 0 aliphatic carbocycles. The number of amides is 1. The van der Waals surface area contributed by atoms with Crippen molar-refractivity contribution in [2.24, 2.45) is 0 Å². The number of aromatic nitrogens is 2. The monoisotopic (exact) mass is 355 g/mol. The van der Waals surface area contributed by atoms with Gasteiger partial charge in [-0.05, 0) is 49.5 Å². The molecule has 0 aliphatic rings. The summed E-state index contributed by atoms with van der Waals surface area (Å²) < 4.78 is 7.04. The quantitative estimate of drug-likeness (QED) is 0.704. The third-order valence-electron chi connectivity index (χ3n) is 3.92. The number of H-pyrrole nitrogens is 1. The van der Waals surface area contributed by atoms with Crippen LogP contribution >= 0.6 is 12.2 Å². The standard InChI is InChI=1S/C18H17N3O3S/c1-3-21-17(23)12-9-8-11(10-14(12)20-18(21)25)16(22)19-13-6-4-5-7-15(13)24-2/h4-10H,3H2,1-2H3,(H,19,22)(H,20,25). The number of fused-ring (bicyclic) bond motifs is 1. The number of ether oxygens (including phenoxy) is 1. The van der Waals surface area contributed by atoms with Crippen LogP contribution in [0.1, 0.15) is 17.3 Å². The van der Waals surface area contributed by atoms with Gasteiger partial charge in [0.2, 0.25) is 0 Å². The van der Waals surface area contributed by atoms with Crippen LogP contribution in [0.2, 0.25) is 0 Å². The minimum Gasteiger partial charge on any atom is -0.495 e. The van der Waals surface area contributed by atoms with Crippen molar-refractivity contribution in [1.82, 2.24) is 9.55 Å². The van der Waals surface area contributed by atoms with Crippen LogP contribution in [0.3, 0.4) is 0 Å². The van der Waals surface area contributed by atoms with E-state index in [4.69, 9.17) is 17.0 Å². The van der Waals surface area contributed by atoms with E-state index in [1.807, 2.05) is 19.1 Å². The molecule has 0 saturated heterocycles. The Bertz CT molecular complexity index is 1070. The van der Waals surface area contributed by atoms with Crippen LogP contribution in [0, 0.1) is 4.77 Å². The normalized spacial score (nSPS) is 10.6. The Labute approximate surface area is 149 Å². The van der Waals surface area contributed by atoms with Crippen LogP contribution in [-0.2, 0) is 6.54 Å². The highest BCUT2D eigenvalue weighted by molar-refractivity contribution is 7.71. The van der Waals surface area contributed by atoms with Gasteiger partial charge in [-0.15, -0.1) is 0 Å². The third kappa shape index (κ3) is 3.18. The molecule has 1 amide bonds. The molecule has 2 N–H and O–H groups in total. The molecule has 0 atom stereocenters. The summed E-state index contributed by atoms with van der Waals surface area (Å²) in [7, 11) is 1.54. The summed E-state index contributed by atoms with van der Waals surface area (Å²) in [4.78, 5) is 27.9. The molecule has 3 aromatic rings. The van der Waals surface area contributed by atoms with Crippen LogP contribution in [-0.4, -0.2) is 22.6 Å². The lowest BCUT2D eigenvalue weighted by atomic mass is 10.1. The first-order valence-electron chi connectivity index (χ1n) is 7.76. The molecule has 128 valence electrons. The van der Waals surface area contributed by atoms with Gasteiger partial charge in [0.25, 0.3) is 11.5 Å². The van der Waals surface area contributed by atoms with E-state index in [0.717, 1.165) is 0 Å². The minimum atomic E-state index is -0.301. The van der Waals surface area contributed by atoms with Crippen LogP contribution in [0.15, 0.2) is 47.3 Å². The number of benzene rings is 2. The lowest BCUT2D eigenvalue weighted by molar-refractivity contribution is 0.102. The number of aromatic amines is 1. The maximum Gasteiger partial charge on any atom is 0.262 e. The molecule has 7 heteroatoms. The molecule has 6 nitrogen and oxygen atoms in total. The molecule has 1 aromatic heterocycles. The molecular weight excluding hydrogens is 338 g/mol. The molecular formula is C18H17N3O3S. The van der Waals surface area contributed by atoms with Gasteiger partial charge in [0.15, 0.2) is 4.77 Å². The summed E-state index contributed by atoms with van der Waals surface area (Å²) in [6.45, 7) is 2.34. The van der Waals surface area contributed by atoms with Crippen molar-refractivity contribution in [3.8, 4) is 5.75 Å². The zero-order valence-electron chi connectivity index (χ0n) is 13.8. The Morgan fingerprint density at radius 1 is 1.28 bits per heavy atom. The van der Waals surface area contributed by atoms with Gasteiger partial charge in [0.1, 0.15) is 5.75 Å². The molecule has 2 aromatic carbocycles. The molecule has 0 fully saturated rings. The molecule has 0 spiro atoms. The SMILES string of the molecule is CCn1c(=S)[nH]c2cc(C(=O)Nc3ccccc3OC)ccc2c1=O. The fraction of sp³-hybridized carbons (Fsp3) is 0.167. The second kappa shape index (κ2) is 6.90. The highest BCUT2D eigenvalue weighted by atomic mass is 32.1. The summed E-state index contributed by atoms with van der Waals surface area (Å²) in [5, 5.41) is 3.30. The first kappa shape index (κ1) is 16.9. The highest BCUT2D eigenvalue weighted by Crippen LogP contribution is 2.24. The van der Waals surface area contributed by atoms with Crippen molar-refractivity contribution in [3.05, 3.63) is 63.2 Å². The van der Waals surface area contributed by atoms with Crippen molar-refractivity contribution in [2.75, 3.05) is 12.4 Å². The zero-order valence-corrected chi connectivity index (χ0v) is 14.6. The molecule has 3 rings (SSSR count). The lowest BCUT2D eigenvalue weighted by Gasteiger charge is -2.10. The Balaban J connectivity index is 2.00. The van der Waals surface area contributed by atoms with Crippen molar-refractivity contribution >= 4 is 34.7 Å². The Kier molecular flexibility index (Phi) is 4.67. The number of nitrogens with zero attached hydrogens (tertiary/aromatic N) is 1. The number of rotatable bonds is 4. The van der Waals surface area contributed by atoms with Gasteiger partial charge < -0.3 is 15.0 Å². The minimum absolute atomic E-state index is 0.169. The van der Waals surface area contributed by atoms with Gasteiger partial charge in [-0.25, -0.2) is 0 Å². The fourth-order valence-electron chi connectivity index (χ4n) is 2.63. The number of hydrogen-bond donors (Lipinski definition) is 2. The van der Waals surface area contributed by atoms with Crippen LogP contribution in [0.4, 0.5) is 5.69 Å². The first-order chi connectivity index (χ1) is 12.0. The van der Waals surface area contributed by atoms with E-state index < -0.39 is 0 Å². The van der Waals surface area contributed by atoms with Crippen LogP contribution < -0.4 is 15.6 Å². The maximum atomic E-state index is 12.5. The summed E-state index contributed by atoms with van der Waals surface area (Å²) in [6.07, 6.45) is 0. The first-order valence-corrected chi connectivity index (χ1v) is 8.17. The summed E-state index contributed by atoms with van der Waals surface area (Å²) >= 11 is 5.20. The average Bonchev–Trinajstić information content (AvgIpc) is 2.62. The number of anilines is 1. The van der Waals surface area contributed by atoms with Gasteiger partial charge in [0, 0.05) is 12.1 Å². The number of carbonyl (C=O) groups excluding carboxylic acids is 1. The van der Waals surface area contributed by atoms with Crippen molar-refractivity contribution < 1.29 is 9.53 Å². The average molecular weight is 355 g/mol. The Hall–Kier alpha value is -2.93. The topological polar surface area (TPSA) is 76.1 Å². The largest absolute Gasteiger partial charge is 0.495 e. The van der Waals surface area contributed by atoms with E-state index in [-0.39, 0.29) is 11.5 Å². The van der Waals surface area contributed by atoms with Crippen molar-refractivity contribution in [2.45, 2.75) is 13.5 Å². The third-order valence-corrected chi connectivity index (χ3v) is 4.24. The van der Waals surface area contributed by atoms with Gasteiger partial charge in [0.05, 0.1) is 23.7 Å². The van der Waals surface area contributed by atoms with E-state index in [0.29, 0.717) is 39.2 Å². The van der Waals surface area contributed by atoms with E-state index in [1.165, 1.54) is 4.57 Å². The summed E-state index contributed by atoms with van der Waals surface area (Å²) in [5.41, 5.74) is 1.35. The highest BCUT2D eigenvalue weighted by Gasteiger charge is 2.12. The zero-order chi connectivity index (χ0) is 18.0. The smallest absolute Gasteiger partial charge is 0.262 e. The van der Waals surface area contributed by atoms with Crippen LogP contribution in [0.25, 0.3) is 10.9 Å². The van der Waals surface area contributed by atoms with E-state index in [2.05, 4.69) is 10.3 Å². The maximum absolute atomic E-state index is 12.5. The van der Waals surface area contributed by atoms with Crippen LogP contribution in [0.5, 0.6) is 5.75 Å². The van der Waals surface area contributed by atoms with E-state index in [1.54, 1.807) is 37.4 Å². The number of hydrogen-bond acceptors (Lipinski definition) is 4. The predicted octanol–water partition coefficient (Wildman–Crippen LogP) is 3.34. The Morgan fingerprint density at radius 3 is 2.76 bits per heavy atom. The molecule has 0 unspecified atom stereocenters. The summed E-state index contributed by atoms with van der Waals surface area (Å²) in [6, 6.07) is 12.0. The molecule has 25 heavy (non-hydrogen) atoms. The number of para-hydroxylation sites is 2. The summed E-state index contributed by atoms with van der Waals surface area (Å²) in [5.74, 6) is 0.271. The number of nitrogens with one attached hydrogen (secondary N) is 2. The number of methoxy groups -OCH3 is 1. The molecule has 0 bridgehead atoms. The van der Waals surface area contributed by atoms with Gasteiger partial charge in [-0.1, -0.05) is 12.1 Å². The van der Waals surface area contributed by atoms with Gasteiger partial charge in [-0.2, -0.15) is 0 Å². The molecule has 0 radical (unpaired) electrons. The fourth-order valence-corrected chi connectivity index (χ4v) is 2.95. The van der Waals surface area contributed by atoms with E-state index in [9.17, 15) is 9.59 Å². The molecule has 1 heterocycles. The second-order valence-electron chi connectivity index (χ2n) is 5.39. The molecule has 0 aliphatic heterocycles. The predicted molar refractivity (Wildman–Crippen MR) is 100 cm³/mol.